The third kappa shape index (κ3) is 2.03. The van der Waals surface area contributed by atoms with E-state index >= 15 is 0 Å². The van der Waals surface area contributed by atoms with Crippen LogP contribution in [0.15, 0.2) is 10.6 Å². The summed E-state index contributed by atoms with van der Waals surface area (Å²) in [7, 11) is 0. The Hall–Kier alpha value is -1.89. The highest BCUT2D eigenvalue weighted by Crippen LogP contribution is 2.43. The van der Waals surface area contributed by atoms with E-state index in [4.69, 9.17) is 9.26 Å². The number of fused-ring (bicyclic) bond motifs is 1. The van der Waals surface area contributed by atoms with Gasteiger partial charge in [0.25, 0.3) is 5.91 Å². The predicted molar refractivity (Wildman–Crippen MR) is 73.4 cm³/mol. The fraction of sp³-hybridized carbons (Fsp3) is 0.667. The van der Waals surface area contributed by atoms with Crippen LogP contribution < -0.4 is 0 Å². The maximum absolute atomic E-state index is 12.6. The summed E-state index contributed by atoms with van der Waals surface area (Å²) in [6.45, 7) is 1.44. The van der Waals surface area contributed by atoms with Crippen LogP contribution in [-0.4, -0.2) is 53.3 Å². The minimum atomic E-state index is -0.878. The Morgan fingerprint density at radius 1 is 1.41 bits per heavy atom. The molecular formula is C15H18N2O5. The molecule has 7 nitrogen and oxygen atoms in total. The van der Waals surface area contributed by atoms with Crippen molar-refractivity contribution >= 4 is 11.9 Å². The second-order valence-corrected chi connectivity index (χ2v) is 6.56. The van der Waals surface area contributed by atoms with E-state index in [0.717, 1.165) is 18.6 Å². The summed E-state index contributed by atoms with van der Waals surface area (Å²) in [6, 6.07) is 1.70. The molecule has 1 aliphatic carbocycles. The molecule has 3 aliphatic rings. The summed E-state index contributed by atoms with van der Waals surface area (Å²) in [6.07, 6.45) is 2.60. The summed E-state index contributed by atoms with van der Waals surface area (Å²) < 4.78 is 10.6. The molecule has 2 aliphatic heterocycles. The lowest BCUT2D eigenvalue weighted by Crippen LogP contribution is -2.45. The van der Waals surface area contributed by atoms with E-state index in [2.05, 4.69) is 5.16 Å². The van der Waals surface area contributed by atoms with E-state index in [-0.39, 0.29) is 24.1 Å². The second-order valence-electron chi connectivity index (χ2n) is 6.56. The van der Waals surface area contributed by atoms with Gasteiger partial charge in [0.1, 0.15) is 5.76 Å². The van der Waals surface area contributed by atoms with E-state index in [1.165, 1.54) is 0 Å². The molecule has 3 fully saturated rings. The third-order valence-electron chi connectivity index (χ3n) is 5.15. The fourth-order valence-electron chi connectivity index (χ4n) is 3.57. The van der Waals surface area contributed by atoms with Gasteiger partial charge in [0.2, 0.25) is 0 Å². The number of amides is 1. The molecule has 3 heterocycles. The number of hydrogen-bond donors (Lipinski definition) is 1. The average Bonchev–Trinajstić information content (AvgIpc) is 3.11. The molecule has 1 amide bonds. The molecule has 7 heteroatoms. The average molecular weight is 306 g/mol. The molecule has 0 bridgehead atoms. The van der Waals surface area contributed by atoms with Gasteiger partial charge in [-0.1, -0.05) is 5.16 Å². The molecule has 22 heavy (non-hydrogen) atoms. The smallest absolute Gasteiger partial charge is 0.311 e. The largest absolute Gasteiger partial charge is 0.481 e. The molecular weight excluding hydrogens is 288 g/mol. The van der Waals surface area contributed by atoms with Crippen molar-refractivity contribution in [2.75, 3.05) is 26.3 Å². The number of aliphatic carboxylic acids is 1. The molecule has 4 rings (SSSR count). The second kappa shape index (κ2) is 4.81. The zero-order chi connectivity index (χ0) is 15.3. The molecule has 1 saturated carbocycles. The van der Waals surface area contributed by atoms with Gasteiger partial charge in [-0.25, -0.2) is 0 Å². The monoisotopic (exact) mass is 306 g/mol. The Morgan fingerprint density at radius 2 is 2.23 bits per heavy atom. The van der Waals surface area contributed by atoms with Crippen LogP contribution >= 0.6 is 0 Å². The lowest BCUT2D eigenvalue weighted by atomic mass is 9.74. The maximum atomic E-state index is 12.6. The first-order valence-electron chi connectivity index (χ1n) is 7.67. The first kappa shape index (κ1) is 13.8. The quantitative estimate of drug-likeness (QED) is 0.899. The zero-order valence-corrected chi connectivity index (χ0v) is 12.2. The van der Waals surface area contributed by atoms with Crippen LogP contribution in [0.3, 0.4) is 0 Å². The Bertz CT molecular complexity index is 623. The number of nitrogens with zero attached hydrogens (tertiary/aromatic N) is 2. The highest BCUT2D eigenvalue weighted by Gasteiger charge is 2.55. The van der Waals surface area contributed by atoms with Crippen molar-refractivity contribution in [1.82, 2.24) is 10.1 Å². The predicted octanol–water partition coefficient (Wildman–Crippen LogP) is 1.12. The summed E-state index contributed by atoms with van der Waals surface area (Å²) in [5.41, 5.74) is -0.598. The number of carbonyl (C=O) groups excluding carboxylic acids is 1. The van der Waals surface area contributed by atoms with Crippen molar-refractivity contribution in [2.24, 2.45) is 11.3 Å². The fourth-order valence-corrected chi connectivity index (χ4v) is 3.57. The highest BCUT2D eigenvalue weighted by molar-refractivity contribution is 5.93. The number of ether oxygens (including phenoxy) is 1. The number of carboxylic acid groups (broad SMARTS) is 1. The standard InChI is InChI=1S/C15H18N2O5/c18-13(11-5-12(22-16-11)9-1-2-9)17-6-10-7-21-4-3-15(10,8-17)14(19)20/h5,9-10H,1-4,6-8H2,(H,19,20)/t10-,15+/m0/s1. The van der Waals surface area contributed by atoms with Crippen LogP contribution in [0.25, 0.3) is 0 Å². The van der Waals surface area contributed by atoms with E-state index in [9.17, 15) is 14.7 Å². The zero-order valence-electron chi connectivity index (χ0n) is 12.2. The van der Waals surface area contributed by atoms with Crippen LogP contribution in [0.2, 0.25) is 0 Å². The molecule has 118 valence electrons. The molecule has 1 aromatic heterocycles. The van der Waals surface area contributed by atoms with Crippen molar-refractivity contribution in [3.8, 4) is 0 Å². The van der Waals surface area contributed by atoms with Crippen molar-refractivity contribution in [3.63, 3.8) is 0 Å². The molecule has 0 aromatic carbocycles. The molecule has 2 atom stereocenters. The minimum Gasteiger partial charge on any atom is -0.481 e. The number of carboxylic acids is 1. The Labute approximate surface area is 127 Å². The van der Waals surface area contributed by atoms with E-state index in [1.54, 1.807) is 11.0 Å². The SMILES string of the molecule is O=C(c1cc(C2CC2)on1)N1C[C@H]2COCC[C@@]2(C(=O)O)C1. The molecule has 2 saturated heterocycles. The van der Waals surface area contributed by atoms with Gasteiger partial charge < -0.3 is 19.3 Å². The number of rotatable bonds is 3. The first-order chi connectivity index (χ1) is 10.6. The van der Waals surface area contributed by atoms with E-state index < -0.39 is 11.4 Å². The number of likely N-dealkylation sites (tertiary alicyclic amines) is 1. The van der Waals surface area contributed by atoms with Gasteiger partial charge in [0, 0.05) is 37.6 Å². The summed E-state index contributed by atoms with van der Waals surface area (Å²) in [5, 5.41) is 13.5. The number of hydrogen-bond acceptors (Lipinski definition) is 5. The summed E-state index contributed by atoms with van der Waals surface area (Å²) in [4.78, 5) is 25.9. The number of aromatic nitrogens is 1. The molecule has 0 unspecified atom stereocenters. The first-order valence-corrected chi connectivity index (χ1v) is 7.67. The van der Waals surface area contributed by atoms with Crippen molar-refractivity contribution in [1.29, 1.82) is 0 Å². The van der Waals surface area contributed by atoms with Gasteiger partial charge in [-0.2, -0.15) is 0 Å². The topological polar surface area (TPSA) is 92.9 Å². The van der Waals surface area contributed by atoms with Crippen LogP contribution in [0.4, 0.5) is 0 Å². The van der Waals surface area contributed by atoms with Crippen molar-refractivity contribution < 1.29 is 24.0 Å². The van der Waals surface area contributed by atoms with Crippen LogP contribution in [0, 0.1) is 11.3 Å². The summed E-state index contributed by atoms with van der Waals surface area (Å²) in [5.74, 6) is -0.0803. The molecule has 0 spiro atoms. The Balaban J connectivity index is 1.55. The lowest BCUT2D eigenvalue weighted by Gasteiger charge is -2.33. The Morgan fingerprint density at radius 3 is 2.91 bits per heavy atom. The van der Waals surface area contributed by atoms with Crippen LogP contribution in [0.1, 0.15) is 41.4 Å². The van der Waals surface area contributed by atoms with E-state index in [0.29, 0.717) is 32.1 Å². The number of carbonyl (C=O) groups is 2. The molecule has 1 aromatic rings. The van der Waals surface area contributed by atoms with Crippen molar-refractivity contribution in [2.45, 2.75) is 25.2 Å². The minimum absolute atomic E-state index is 0.155. The van der Waals surface area contributed by atoms with Gasteiger partial charge in [-0.3, -0.25) is 9.59 Å². The van der Waals surface area contributed by atoms with Gasteiger partial charge in [0.05, 0.1) is 12.0 Å². The summed E-state index contributed by atoms with van der Waals surface area (Å²) >= 11 is 0. The third-order valence-corrected chi connectivity index (χ3v) is 5.15. The van der Waals surface area contributed by atoms with Gasteiger partial charge in [0.15, 0.2) is 5.69 Å². The normalized spacial score (nSPS) is 31.1. The van der Waals surface area contributed by atoms with Gasteiger partial charge >= 0.3 is 5.97 Å². The van der Waals surface area contributed by atoms with Gasteiger partial charge in [-0.15, -0.1) is 0 Å². The molecule has 1 N–H and O–H groups in total. The molecule has 0 radical (unpaired) electrons. The van der Waals surface area contributed by atoms with Crippen LogP contribution in [0.5, 0.6) is 0 Å². The highest BCUT2D eigenvalue weighted by atomic mass is 16.5. The van der Waals surface area contributed by atoms with Gasteiger partial charge in [-0.05, 0) is 19.3 Å². The lowest BCUT2D eigenvalue weighted by molar-refractivity contribution is -0.157. The van der Waals surface area contributed by atoms with E-state index in [1.807, 2.05) is 0 Å². The van der Waals surface area contributed by atoms with Crippen molar-refractivity contribution in [3.05, 3.63) is 17.5 Å². The Kier molecular flexibility index (Phi) is 3.00. The maximum Gasteiger partial charge on any atom is 0.311 e. The van der Waals surface area contributed by atoms with Crippen LogP contribution in [-0.2, 0) is 9.53 Å².